The zero-order valence-electron chi connectivity index (χ0n) is 12.3. The standard InChI is InChI=1S/C16H21N3O/c1-4-17-15(16-18-10-12(3)11-19-16)13-7-6-8-14(9-13)20-5-2/h6-11,15,17H,4-5H2,1-3H3. The van der Waals surface area contributed by atoms with Gasteiger partial charge in [0, 0.05) is 12.4 Å². The Labute approximate surface area is 120 Å². The number of rotatable bonds is 6. The quantitative estimate of drug-likeness (QED) is 0.877. The highest BCUT2D eigenvalue weighted by Crippen LogP contribution is 2.23. The molecule has 1 heterocycles. The van der Waals surface area contributed by atoms with Crippen LogP contribution in [0.2, 0.25) is 0 Å². The van der Waals surface area contributed by atoms with Crippen molar-refractivity contribution in [3.05, 3.63) is 53.6 Å². The molecular weight excluding hydrogens is 250 g/mol. The first-order chi connectivity index (χ1) is 9.74. The second-order valence-corrected chi connectivity index (χ2v) is 4.61. The Balaban J connectivity index is 2.32. The number of hydrogen-bond acceptors (Lipinski definition) is 4. The third kappa shape index (κ3) is 3.54. The van der Waals surface area contributed by atoms with Crippen LogP contribution in [0.15, 0.2) is 36.7 Å². The van der Waals surface area contributed by atoms with Crippen LogP contribution in [0, 0.1) is 6.92 Å². The second kappa shape index (κ2) is 7.01. The third-order valence-corrected chi connectivity index (χ3v) is 2.97. The van der Waals surface area contributed by atoms with Crippen molar-refractivity contribution in [2.45, 2.75) is 26.8 Å². The fourth-order valence-electron chi connectivity index (χ4n) is 2.06. The Morgan fingerprint density at radius 1 is 1.20 bits per heavy atom. The van der Waals surface area contributed by atoms with E-state index in [1.54, 1.807) is 0 Å². The topological polar surface area (TPSA) is 47.0 Å². The van der Waals surface area contributed by atoms with Gasteiger partial charge in [-0.25, -0.2) is 9.97 Å². The fraction of sp³-hybridized carbons (Fsp3) is 0.375. The van der Waals surface area contributed by atoms with E-state index in [-0.39, 0.29) is 6.04 Å². The van der Waals surface area contributed by atoms with Crippen LogP contribution in [0.4, 0.5) is 0 Å². The summed E-state index contributed by atoms with van der Waals surface area (Å²) >= 11 is 0. The van der Waals surface area contributed by atoms with Gasteiger partial charge in [0.25, 0.3) is 0 Å². The Kier molecular flexibility index (Phi) is 5.07. The summed E-state index contributed by atoms with van der Waals surface area (Å²) in [7, 11) is 0. The molecule has 4 nitrogen and oxygen atoms in total. The predicted molar refractivity (Wildman–Crippen MR) is 79.9 cm³/mol. The molecule has 1 aromatic heterocycles. The van der Waals surface area contributed by atoms with Crippen LogP contribution in [-0.4, -0.2) is 23.1 Å². The number of ether oxygens (including phenoxy) is 1. The molecule has 1 N–H and O–H groups in total. The van der Waals surface area contributed by atoms with Crippen molar-refractivity contribution in [1.82, 2.24) is 15.3 Å². The minimum absolute atomic E-state index is 0.0130. The lowest BCUT2D eigenvalue weighted by atomic mass is 10.1. The Morgan fingerprint density at radius 3 is 2.60 bits per heavy atom. The Hall–Kier alpha value is -1.94. The van der Waals surface area contributed by atoms with Gasteiger partial charge in [0.2, 0.25) is 0 Å². The van der Waals surface area contributed by atoms with Crippen molar-refractivity contribution in [2.75, 3.05) is 13.2 Å². The molecule has 0 bridgehead atoms. The van der Waals surface area contributed by atoms with E-state index in [2.05, 4.69) is 28.3 Å². The molecule has 0 spiro atoms. The number of aryl methyl sites for hydroxylation is 1. The van der Waals surface area contributed by atoms with Crippen LogP contribution in [0.25, 0.3) is 0 Å². The molecule has 0 aliphatic carbocycles. The van der Waals surface area contributed by atoms with E-state index < -0.39 is 0 Å². The average molecular weight is 271 g/mol. The van der Waals surface area contributed by atoms with Gasteiger partial charge in [-0.15, -0.1) is 0 Å². The number of nitrogens with zero attached hydrogens (tertiary/aromatic N) is 2. The van der Waals surface area contributed by atoms with Gasteiger partial charge in [0.05, 0.1) is 12.6 Å². The Bertz CT molecular complexity index is 540. The van der Waals surface area contributed by atoms with E-state index >= 15 is 0 Å². The van der Waals surface area contributed by atoms with Crippen molar-refractivity contribution >= 4 is 0 Å². The first kappa shape index (κ1) is 14.5. The molecule has 1 unspecified atom stereocenters. The van der Waals surface area contributed by atoms with Gasteiger partial charge in [-0.3, -0.25) is 0 Å². The first-order valence-corrected chi connectivity index (χ1v) is 6.99. The summed E-state index contributed by atoms with van der Waals surface area (Å²) < 4.78 is 5.56. The molecule has 2 aromatic rings. The van der Waals surface area contributed by atoms with Gasteiger partial charge in [0.1, 0.15) is 11.6 Å². The molecule has 0 aliphatic rings. The first-order valence-electron chi connectivity index (χ1n) is 6.99. The van der Waals surface area contributed by atoms with Crippen LogP contribution in [-0.2, 0) is 0 Å². The highest BCUT2D eigenvalue weighted by Gasteiger charge is 2.16. The SMILES string of the molecule is CCNC(c1cccc(OCC)c1)c1ncc(C)cn1. The molecular formula is C16H21N3O. The van der Waals surface area contributed by atoms with Crippen LogP contribution in [0.5, 0.6) is 5.75 Å². The normalized spacial score (nSPS) is 12.2. The molecule has 0 saturated carbocycles. The molecule has 0 aliphatic heterocycles. The summed E-state index contributed by atoms with van der Waals surface area (Å²) in [6, 6.07) is 8.06. The molecule has 0 amide bonds. The molecule has 4 heteroatoms. The summed E-state index contributed by atoms with van der Waals surface area (Å²) in [5.74, 6) is 1.66. The monoisotopic (exact) mass is 271 g/mol. The highest BCUT2D eigenvalue weighted by atomic mass is 16.5. The predicted octanol–water partition coefficient (Wildman–Crippen LogP) is 2.88. The zero-order valence-corrected chi connectivity index (χ0v) is 12.3. The van der Waals surface area contributed by atoms with E-state index in [9.17, 15) is 0 Å². The van der Waals surface area contributed by atoms with Crippen LogP contribution < -0.4 is 10.1 Å². The zero-order chi connectivity index (χ0) is 14.4. The second-order valence-electron chi connectivity index (χ2n) is 4.61. The van der Waals surface area contributed by atoms with Gasteiger partial charge in [-0.2, -0.15) is 0 Å². The number of hydrogen-bond donors (Lipinski definition) is 1. The molecule has 0 fully saturated rings. The third-order valence-electron chi connectivity index (χ3n) is 2.97. The van der Waals surface area contributed by atoms with Crippen LogP contribution in [0.3, 0.4) is 0 Å². The van der Waals surface area contributed by atoms with Crippen molar-refractivity contribution in [2.24, 2.45) is 0 Å². The number of benzene rings is 1. The highest BCUT2D eigenvalue weighted by molar-refractivity contribution is 5.33. The maximum Gasteiger partial charge on any atom is 0.149 e. The summed E-state index contributed by atoms with van der Waals surface area (Å²) in [5, 5.41) is 3.42. The average Bonchev–Trinajstić information content (AvgIpc) is 2.47. The lowest BCUT2D eigenvalue weighted by molar-refractivity contribution is 0.339. The van der Waals surface area contributed by atoms with E-state index in [4.69, 9.17) is 4.74 Å². The molecule has 0 saturated heterocycles. The summed E-state index contributed by atoms with van der Waals surface area (Å²) in [6.07, 6.45) is 3.69. The van der Waals surface area contributed by atoms with Gasteiger partial charge in [-0.1, -0.05) is 19.1 Å². The smallest absolute Gasteiger partial charge is 0.149 e. The van der Waals surface area contributed by atoms with Crippen molar-refractivity contribution in [1.29, 1.82) is 0 Å². The molecule has 106 valence electrons. The molecule has 1 atom stereocenters. The fourth-order valence-corrected chi connectivity index (χ4v) is 2.06. The number of aromatic nitrogens is 2. The molecule has 20 heavy (non-hydrogen) atoms. The minimum Gasteiger partial charge on any atom is -0.494 e. The minimum atomic E-state index is -0.0130. The lowest BCUT2D eigenvalue weighted by Gasteiger charge is -2.17. The van der Waals surface area contributed by atoms with Crippen molar-refractivity contribution in [3.8, 4) is 5.75 Å². The van der Waals surface area contributed by atoms with Crippen LogP contribution in [0.1, 0.15) is 36.8 Å². The summed E-state index contributed by atoms with van der Waals surface area (Å²) in [6.45, 7) is 7.56. The molecule has 2 rings (SSSR count). The summed E-state index contributed by atoms with van der Waals surface area (Å²) in [5.41, 5.74) is 2.17. The molecule has 0 radical (unpaired) electrons. The maximum absolute atomic E-state index is 5.56. The largest absolute Gasteiger partial charge is 0.494 e. The van der Waals surface area contributed by atoms with Gasteiger partial charge >= 0.3 is 0 Å². The van der Waals surface area contributed by atoms with Gasteiger partial charge < -0.3 is 10.1 Å². The van der Waals surface area contributed by atoms with E-state index in [0.717, 1.165) is 29.2 Å². The van der Waals surface area contributed by atoms with Crippen LogP contribution >= 0.6 is 0 Å². The van der Waals surface area contributed by atoms with Crippen molar-refractivity contribution in [3.63, 3.8) is 0 Å². The van der Waals surface area contributed by atoms with E-state index in [0.29, 0.717) is 6.61 Å². The summed E-state index contributed by atoms with van der Waals surface area (Å²) in [4.78, 5) is 8.87. The Morgan fingerprint density at radius 2 is 1.95 bits per heavy atom. The van der Waals surface area contributed by atoms with Crippen molar-refractivity contribution < 1.29 is 4.74 Å². The lowest BCUT2D eigenvalue weighted by Crippen LogP contribution is -2.24. The van der Waals surface area contributed by atoms with Gasteiger partial charge in [0.15, 0.2) is 0 Å². The molecule has 1 aromatic carbocycles. The number of nitrogens with one attached hydrogen (secondary N) is 1. The maximum atomic E-state index is 5.56. The van der Waals surface area contributed by atoms with Gasteiger partial charge in [-0.05, 0) is 43.7 Å². The van der Waals surface area contributed by atoms with E-state index in [1.165, 1.54) is 0 Å². The van der Waals surface area contributed by atoms with E-state index in [1.807, 2.05) is 44.4 Å².